The molecule has 1 aromatic heterocycles. The summed E-state index contributed by atoms with van der Waals surface area (Å²) < 4.78 is 0. The lowest BCUT2D eigenvalue weighted by Gasteiger charge is -2.30. The van der Waals surface area contributed by atoms with Gasteiger partial charge in [0.15, 0.2) is 10.7 Å². The monoisotopic (exact) mass is 268 g/mol. The van der Waals surface area contributed by atoms with Crippen LogP contribution in [0, 0.1) is 5.92 Å². The number of rotatable bonds is 3. The zero-order valence-electron chi connectivity index (χ0n) is 10.3. The zero-order chi connectivity index (χ0) is 13.1. The number of carbonyl (C=O) groups is 2. The molecular formula is C12H16N2O3S. The lowest BCUT2D eigenvalue weighted by molar-refractivity contribution is 0.0685. The molecule has 1 aromatic rings. The van der Waals surface area contributed by atoms with E-state index in [9.17, 15) is 9.59 Å². The van der Waals surface area contributed by atoms with Gasteiger partial charge < -0.3 is 10.0 Å². The number of carbonyl (C=O) groups excluding carboxylic acids is 1. The largest absolute Gasteiger partial charge is 0.476 e. The van der Waals surface area contributed by atoms with Gasteiger partial charge in [-0.15, -0.1) is 11.3 Å². The number of thiazole rings is 1. The Kier molecular flexibility index (Phi) is 3.96. The van der Waals surface area contributed by atoms with Crippen molar-refractivity contribution in [2.24, 2.45) is 5.92 Å². The van der Waals surface area contributed by atoms with Crippen molar-refractivity contribution in [3.05, 3.63) is 16.1 Å². The van der Waals surface area contributed by atoms with E-state index in [0.29, 0.717) is 5.92 Å². The number of piperidine rings is 1. The highest BCUT2D eigenvalue weighted by Crippen LogP contribution is 2.22. The summed E-state index contributed by atoms with van der Waals surface area (Å²) in [7, 11) is 0. The van der Waals surface area contributed by atoms with Crippen LogP contribution in [0.1, 0.15) is 46.5 Å². The van der Waals surface area contributed by atoms with Crippen molar-refractivity contribution in [3.8, 4) is 0 Å². The van der Waals surface area contributed by atoms with Crippen molar-refractivity contribution in [1.29, 1.82) is 0 Å². The molecule has 1 fully saturated rings. The third-order valence-electron chi connectivity index (χ3n) is 3.39. The van der Waals surface area contributed by atoms with Gasteiger partial charge in [0.25, 0.3) is 5.91 Å². The molecule has 1 amide bonds. The maximum atomic E-state index is 12.1. The maximum Gasteiger partial charge on any atom is 0.355 e. The minimum absolute atomic E-state index is 0.0493. The van der Waals surface area contributed by atoms with Gasteiger partial charge in [-0.2, -0.15) is 0 Å². The highest BCUT2D eigenvalue weighted by molar-refractivity contribution is 7.11. The van der Waals surface area contributed by atoms with Gasteiger partial charge in [0.05, 0.1) is 0 Å². The van der Waals surface area contributed by atoms with Crippen molar-refractivity contribution in [1.82, 2.24) is 9.88 Å². The molecule has 2 heterocycles. The number of aromatic nitrogens is 1. The molecule has 0 bridgehead atoms. The molecule has 1 N–H and O–H groups in total. The molecule has 2 rings (SSSR count). The third kappa shape index (κ3) is 2.69. The molecule has 0 radical (unpaired) electrons. The van der Waals surface area contributed by atoms with Crippen molar-refractivity contribution in [2.45, 2.75) is 26.2 Å². The summed E-state index contributed by atoms with van der Waals surface area (Å²) in [6.45, 7) is 3.67. The van der Waals surface area contributed by atoms with Crippen LogP contribution < -0.4 is 0 Å². The Hall–Kier alpha value is -1.43. The fourth-order valence-electron chi connectivity index (χ4n) is 2.15. The highest BCUT2D eigenvalue weighted by atomic mass is 32.1. The molecule has 1 aliphatic heterocycles. The molecule has 0 saturated carbocycles. The fraction of sp³-hybridized carbons (Fsp3) is 0.583. The molecule has 6 heteroatoms. The van der Waals surface area contributed by atoms with E-state index in [4.69, 9.17) is 5.11 Å². The molecular weight excluding hydrogens is 252 g/mol. The number of hydrogen-bond acceptors (Lipinski definition) is 4. The van der Waals surface area contributed by atoms with Gasteiger partial charge >= 0.3 is 5.97 Å². The van der Waals surface area contributed by atoms with E-state index < -0.39 is 5.97 Å². The SMILES string of the molecule is CCC1CCN(C(=O)c2nc(C(=O)O)cs2)CC1. The summed E-state index contributed by atoms with van der Waals surface area (Å²) in [5.41, 5.74) is -0.0493. The van der Waals surface area contributed by atoms with Crippen LogP contribution in [-0.4, -0.2) is 40.0 Å². The summed E-state index contributed by atoms with van der Waals surface area (Å²) in [6, 6.07) is 0. The quantitative estimate of drug-likeness (QED) is 0.911. The van der Waals surface area contributed by atoms with Gasteiger partial charge in [0.2, 0.25) is 0 Å². The predicted molar refractivity (Wildman–Crippen MR) is 68.0 cm³/mol. The predicted octanol–water partition coefficient (Wildman–Crippen LogP) is 2.10. The second-order valence-electron chi connectivity index (χ2n) is 4.49. The van der Waals surface area contributed by atoms with Crippen LogP contribution in [0.3, 0.4) is 0 Å². The lowest BCUT2D eigenvalue weighted by atomic mass is 9.94. The van der Waals surface area contributed by atoms with Crippen LogP contribution in [0.25, 0.3) is 0 Å². The minimum Gasteiger partial charge on any atom is -0.476 e. The first kappa shape index (κ1) is 13.0. The molecule has 98 valence electrons. The zero-order valence-corrected chi connectivity index (χ0v) is 11.1. The molecule has 0 unspecified atom stereocenters. The van der Waals surface area contributed by atoms with Gasteiger partial charge in [0, 0.05) is 18.5 Å². The Morgan fingerprint density at radius 2 is 2.17 bits per heavy atom. The molecule has 0 aromatic carbocycles. The summed E-state index contributed by atoms with van der Waals surface area (Å²) >= 11 is 1.10. The van der Waals surface area contributed by atoms with Crippen LogP contribution in [-0.2, 0) is 0 Å². The second kappa shape index (κ2) is 5.48. The van der Waals surface area contributed by atoms with Crippen LogP contribution >= 0.6 is 11.3 Å². The van der Waals surface area contributed by atoms with E-state index >= 15 is 0 Å². The Balaban J connectivity index is 2.01. The van der Waals surface area contributed by atoms with Crippen LogP contribution in [0.2, 0.25) is 0 Å². The molecule has 1 saturated heterocycles. The van der Waals surface area contributed by atoms with Gasteiger partial charge in [0.1, 0.15) is 0 Å². The fourth-order valence-corrected chi connectivity index (χ4v) is 2.91. The molecule has 0 aliphatic carbocycles. The Morgan fingerprint density at radius 3 is 2.67 bits per heavy atom. The molecule has 5 nitrogen and oxygen atoms in total. The number of hydrogen-bond donors (Lipinski definition) is 1. The van der Waals surface area contributed by atoms with Crippen molar-refractivity contribution in [2.75, 3.05) is 13.1 Å². The van der Waals surface area contributed by atoms with E-state index in [2.05, 4.69) is 11.9 Å². The van der Waals surface area contributed by atoms with E-state index in [0.717, 1.165) is 43.7 Å². The standard InChI is InChI=1S/C12H16N2O3S/c1-2-8-3-5-14(6-4-8)11(15)10-13-9(7-18-10)12(16)17/h7-8H,2-6H2,1H3,(H,16,17). The van der Waals surface area contributed by atoms with Crippen molar-refractivity contribution >= 4 is 23.2 Å². The number of amides is 1. The van der Waals surface area contributed by atoms with Crippen LogP contribution in [0.5, 0.6) is 0 Å². The first-order valence-corrected chi connectivity index (χ1v) is 6.98. The van der Waals surface area contributed by atoms with Crippen molar-refractivity contribution < 1.29 is 14.7 Å². The normalized spacial score (nSPS) is 16.8. The third-order valence-corrected chi connectivity index (χ3v) is 4.22. The van der Waals surface area contributed by atoms with Crippen molar-refractivity contribution in [3.63, 3.8) is 0 Å². The van der Waals surface area contributed by atoms with Gasteiger partial charge in [-0.3, -0.25) is 4.79 Å². The van der Waals surface area contributed by atoms with E-state index in [1.165, 1.54) is 5.38 Å². The Labute approximate surface area is 109 Å². The second-order valence-corrected chi connectivity index (χ2v) is 5.34. The summed E-state index contributed by atoms with van der Waals surface area (Å²) in [6.07, 6.45) is 3.21. The van der Waals surface area contributed by atoms with Crippen LogP contribution in [0.4, 0.5) is 0 Å². The molecule has 0 spiro atoms. The van der Waals surface area contributed by atoms with E-state index in [1.54, 1.807) is 4.90 Å². The van der Waals surface area contributed by atoms with E-state index in [-0.39, 0.29) is 16.6 Å². The number of carboxylic acid groups (broad SMARTS) is 1. The smallest absolute Gasteiger partial charge is 0.355 e. The molecule has 0 atom stereocenters. The Morgan fingerprint density at radius 1 is 1.50 bits per heavy atom. The number of aromatic carboxylic acids is 1. The highest BCUT2D eigenvalue weighted by Gasteiger charge is 2.25. The molecule has 18 heavy (non-hydrogen) atoms. The number of nitrogens with zero attached hydrogens (tertiary/aromatic N) is 2. The summed E-state index contributed by atoms with van der Waals surface area (Å²) in [5, 5.41) is 10.5. The number of likely N-dealkylation sites (tertiary alicyclic amines) is 1. The number of carboxylic acids is 1. The summed E-state index contributed by atoms with van der Waals surface area (Å²) in [4.78, 5) is 28.5. The minimum atomic E-state index is -1.09. The van der Waals surface area contributed by atoms with Crippen LogP contribution in [0.15, 0.2) is 5.38 Å². The van der Waals surface area contributed by atoms with Gasteiger partial charge in [-0.1, -0.05) is 13.3 Å². The van der Waals surface area contributed by atoms with Gasteiger partial charge in [-0.25, -0.2) is 9.78 Å². The average Bonchev–Trinajstić information content (AvgIpc) is 2.88. The summed E-state index contributed by atoms with van der Waals surface area (Å²) in [5.74, 6) is -0.517. The first-order chi connectivity index (χ1) is 8.61. The molecule has 1 aliphatic rings. The lowest BCUT2D eigenvalue weighted by Crippen LogP contribution is -2.38. The van der Waals surface area contributed by atoms with E-state index in [1.807, 2.05) is 0 Å². The first-order valence-electron chi connectivity index (χ1n) is 6.10. The van der Waals surface area contributed by atoms with Gasteiger partial charge in [-0.05, 0) is 18.8 Å². The Bertz CT molecular complexity index is 450. The maximum absolute atomic E-state index is 12.1. The topological polar surface area (TPSA) is 70.5 Å². The average molecular weight is 268 g/mol.